The van der Waals surface area contributed by atoms with E-state index >= 15 is 0 Å². The first kappa shape index (κ1) is 16.5. The molecule has 2 rings (SSSR count). The average Bonchev–Trinajstić information content (AvgIpc) is 2.47. The average molecular weight is 335 g/mol. The van der Waals surface area contributed by atoms with E-state index in [0.29, 0.717) is 0 Å². The molecular formula is C14H11ClF4N2O. The number of aromatic nitrogens is 1. The lowest BCUT2D eigenvalue weighted by atomic mass is 10.1. The van der Waals surface area contributed by atoms with Crippen molar-refractivity contribution in [1.29, 1.82) is 0 Å². The van der Waals surface area contributed by atoms with Crippen LogP contribution < -0.4 is 5.32 Å². The van der Waals surface area contributed by atoms with Crippen molar-refractivity contribution in [3.8, 4) is 0 Å². The summed E-state index contributed by atoms with van der Waals surface area (Å²) in [5, 5.41) is 12.4. The predicted octanol–water partition coefficient (Wildman–Crippen LogP) is 4.04. The molecule has 1 unspecified atom stereocenters. The normalized spacial score (nSPS) is 13.0. The van der Waals surface area contributed by atoms with Crippen molar-refractivity contribution in [3.05, 3.63) is 58.5 Å². The molecule has 2 N–H and O–H groups in total. The lowest BCUT2D eigenvalue weighted by Crippen LogP contribution is -2.15. The maximum atomic E-state index is 13.3. The number of aliphatic hydroxyl groups is 1. The number of nitrogens with zero attached hydrogens (tertiary/aromatic N) is 1. The first-order valence-corrected chi connectivity index (χ1v) is 6.56. The molecule has 0 bridgehead atoms. The van der Waals surface area contributed by atoms with Gasteiger partial charge in [0.1, 0.15) is 17.3 Å². The molecule has 22 heavy (non-hydrogen) atoms. The summed E-state index contributed by atoms with van der Waals surface area (Å²) in [7, 11) is 0. The zero-order chi connectivity index (χ0) is 16.3. The van der Waals surface area contributed by atoms with Crippen LogP contribution in [-0.4, -0.2) is 16.6 Å². The van der Waals surface area contributed by atoms with Crippen molar-refractivity contribution in [2.75, 3.05) is 11.9 Å². The molecule has 1 atom stereocenters. The van der Waals surface area contributed by atoms with E-state index in [1.165, 1.54) is 24.3 Å². The number of pyridine rings is 1. The van der Waals surface area contributed by atoms with Crippen LogP contribution >= 0.6 is 11.6 Å². The molecule has 0 saturated heterocycles. The SMILES string of the molecule is OC(CNc1cccc(C(F)(F)F)n1)c1ccc(Cl)c(F)c1. The molecule has 0 aliphatic carbocycles. The summed E-state index contributed by atoms with van der Waals surface area (Å²) in [6.45, 7) is -0.130. The first-order valence-electron chi connectivity index (χ1n) is 6.18. The number of halogens is 5. The van der Waals surface area contributed by atoms with E-state index < -0.39 is 23.8 Å². The topological polar surface area (TPSA) is 45.1 Å². The quantitative estimate of drug-likeness (QED) is 0.830. The van der Waals surface area contributed by atoms with E-state index in [4.69, 9.17) is 11.6 Å². The summed E-state index contributed by atoms with van der Waals surface area (Å²) in [6, 6.07) is 7.16. The summed E-state index contributed by atoms with van der Waals surface area (Å²) >= 11 is 5.53. The molecule has 0 radical (unpaired) electrons. The minimum atomic E-state index is -4.55. The second kappa shape index (κ2) is 6.50. The van der Waals surface area contributed by atoms with Crippen molar-refractivity contribution in [3.63, 3.8) is 0 Å². The van der Waals surface area contributed by atoms with Crippen LogP contribution in [0.2, 0.25) is 5.02 Å². The molecule has 1 aromatic carbocycles. The minimum Gasteiger partial charge on any atom is -0.387 e. The van der Waals surface area contributed by atoms with Gasteiger partial charge in [-0.15, -0.1) is 0 Å². The van der Waals surface area contributed by atoms with Gasteiger partial charge in [0, 0.05) is 6.54 Å². The summed E-state index contributed by atoms with van der Waals surface area (Å²) in [5.74, 6) is -0.723. The second-order valence-electron chi connectivity index (χ2n) is 4.48. The highest BCUT2D eigenvalue weighted by Gasteiger charge is 2.32. The van der Waals surface area contributed by atoms with Gasteiger partial charge in [-0.3, -0.25) is 0 Å². The Bertz CT molecular complexity index is 664. The maximum Gasteiger partial charge on any atom is 0.433 e. The molecule has 1 aromatic heterocycles. The minimum absolute atomic E-state index is 0.0386. The Balaban J connectivity index is 2.04. The number of aliphatic hydroxyl groups excluding tert-OH is 1. The third-order valence-electron chi connectivity index (χ3n) is 2.84. The summed E-state index contributed by atoms with van der Waals surface area (Å²) < 4.78 is 50.8. The molecule has 3 nitrogen and oxygen atoms in total. The van der Waals surface area contributed by atoms with Crippen molar-refractivity contribution >= 4 is 17.4 Å². The van der Waals surface area contributed by atoms with Gasteiger partial charge in [-0.2, -0.15) is 13.2 Å². The summed E-state index contributed by atoms with van der Waals surface area (Å²) in [5.41, 5.74) is -0.786. The van der Waals surface area contributed by atoms with Gasteiger partial charge in [0.2, 0.25) is 0 Å². The van der Waals surface area contributed by atoms with Gasteiger partial charge in [0.05, 0.1) is 11.1 Å². The van der Waals surface area contributed by atoms with Gasteiger partial charge >= 0.3 is 6.18 Å². The third kappa shape index (κ3) is 4.08. The number of nitrogens with one attached hydrogen (secondary N) is 1. The Labute approximate surface area is 128 Å². The van der Waals surface area contributed by atoms with Crippen LogP contribution in [0.15, 0.2) is 36.4 Å². The van der Waals surface area contributed by atoms with Gasteiger partial charge in [0.15, 0.2) is 0 Å². The Morgan fingerprint density at radius 3 is 2.59 bits per heavy atom. The zero-order valence-electron chi connectivity index (χ0n) is 11.0. The number of anilines is 1. The Hall–Kier alpha value is -1.86. The molecule has 1 heterocycles. The molecule has 118 valence electrons. The predicted molar refractivity (Wildman–Crippen MR) is 74.1 cm³/mol. The van der Waals surface area contributed by atoms with Crippen LogP contribution in [-0.2, 0) is 6.18 Å². The van der Waals surface area contributed by atoms with Crippen molar-refractivity contribution in [2.24, 2.45) is 0 Å². The van der Waals surface area contributed by atoms with E-state index in [1.54, 1.807) is 0 Å². The van der Waals surface area contributed by atoms with Crippen LogP contribution in [0.1, 0.15) is 17.4 Å². The van der Waals surface area contributed by atoms with Gasteiger partial charge < -0.3 is 10.4 Å². The Morgan fingerprint density at radius 2 is 1.95 bits per heavy atom. The zero-order valence-corrected chi connectivity index (χ0v) is 11.8. The van der Waals surface area contributed by atoms with E-state index in [9.17, 15) is 22.7 Å². The monoisotopic (exact) mass is 334 g/mol. The number of hydrogen-bond acceptors (Lipinski definition) is 3. The Morgan fingerprint density at radius 1 is 1.23 bits per heavy atom. The fraction of sp³-hybridized carbons (Fsp3) is 0.214. The van der Waals surface area contributed by atoms with Gasteiger partial charge in [-0.25, -0.2) is 9.37 Å². The van der Waals surface area contributed by atoms with E-state index in [-0.39, 0.29) is 22.9 Å². The number of hydrogen-bond donors (Lipinski definition) is 2. The fourth-order valence-electron chi connectivity index (χ4n) is 1.73. The van der Waals surface area contributed by atoms with E-state index in [2.05, 4.69) is 10.3 Å². The van der Waals surface area contributed by atoms with Crippen LogP contribution in [0.3, 0.4) is 0 Å². The van der Waals surface area contributed by atoms with Gasteiger partial charge in [-0.1, -0.05) is 23.7 Å². The number of alkyl halides is 3. The molecule has 0 spiro atoms. The smallest absolute Gasteiger partial charge is 0.387 e. The van der Waals surface area contributed by atoms with E-state index in [1.807, 2.05) is 0 Å². The van der Waals surface area contributed by atoms with Crippen molar-refractivity contribution in [1.82, 2.24) is 4.98 Å². The highest BCUT2D eigenvalue weighted by molar-refractivity contribution is 6.30. The highest BCUT2D eigenvalue weighted by Crippen LogP contribution is 2.28. The largest absolute Gasteiger partial charge is 0.433 e. The maximum absolute atomic E-state index is 13.3. The highest BCUT2D eigenvalue weighted by atomic mass is 35.5. The van der Waals surface area contributed by atoms with Crippen molar-refractivity contribution in [2.45, 2.75) is 12.3 Å². The molecule has 0 fully saturated rings. The van der Waals surface area contributed by atoms with Gasteiger partial charge in [0.25, 0.3) is 0 Å². The molecule has 0 aliphatic rings. The number of benzene rings is 1. The van der Waals surface area contributed by atoms with Gasteiger partial charge in [-0.05, 0) is 29.8 Å². The van der Waals surface area contributed by atoms with Crippen LogP contribution in [0, 0.1) is 5.82 Å². The Kier molecular flexibility index (Phi) is 4.87. The fourth-order valence-corrected chi connectivity index (χ4v) is 1.85. The second-order valence-corrected chi connectivity index (χ2v) is 4.88. The van der Waals surface area contributed by atoms with Crippen LogP contribution in [0.4, 0.5) is 23.4 Å². The summed E-state index contributed by atoms with van der Waals surface area (Å²) in [4.78, 5) is 3.40. The standard InChI is InChI=1S/C14H11ClF4N2O/c15-9-5-4-8(6-10(9)16)11(22)7-20-13-3-1-2-12(21-13)14(17,18)19/h1-6,11,22H,7H2,(H,20,21). The number of rotatable bonds is 4. The van der Waals surface area contributed by atoms with E-state index in [0.717, 1.165) is 12.1 Å². The molecule has 0 aliphatic heterocycles. The summed E-state index contributed by atoms with van der Waals surface area (Å²) in [6.07, 6.45) is -5.67. The first-order chi connectivity index (χ1) is 10.3. The van der Waals surface area contributed by atoms with Crippen molar-refractivity contribution < 1.29 is 22.7 Å². The molecule has 0 saturated carbocycles. The molecular weight excluding hydrogens is 324 g/mol. The lowest BCUT2D eigenvalue weighted by molar-refractivity contribution is -0.141. The molecule has 2 aromatic rings. The lowest BCUT2D eigenvalue weighted by Gasteiger charge is -2.14. The molecule has 8 heteroatoms. The third-order valence-corrected chi connectivity index (χ3v) is 3.15. The molecule has 0 amide bonds. The van der Waals surface area contributed by atoms with Crippen LogP contribution in [0.5, 0.6) is 0 Å². The van der Waals surface area contributed by atoms with Crippen LogP contribution in [0.25, 0.3) is 0 Å².